The average molecular weight is 304 g/mol. The number of ether oxygens (including phenoxy) is 1. The Hall–Kier alpha value is -1.48. The van der Waals surface area contributed by atoms with Crippen molar-refractivity contribution >= 4 is 21.9 Å². The van der Waals surface area contributed by atoms with Gasteiger partial charge in [0.15, 0.2) is 0 Å². The van der Waals surface area contributed by atoms with Gasteiger partial charge in [0.2, 0.25) is 0 Å². The molecular weight excluding hydrogens is 296 g/mol. The maximum absolute atomic E-state index is 12.9. The number of hydrogen-bond donors (Lipinski definition) is 0. The molecule has 0 unspecified atom stereocenters. The van der Waals surface area contributed by atoms with Crippen LogP contribution in [-0.4, -0.2) is 13.1 Å². The minimum Gasteiger partial charge on any atom is -0.469 e. The van der Waals surface area contributed by atoms with Crippen molar-refractivity contribution in [1.82, 2.24) is 0 Å². The molecule has 0 heterocycles. The van der Waals surface area contributed by atoms with E-state index >= 15 is 0 Å². The normalized spacial score (nSPS) is 10.1. The van der Waals surface area contributed by atoms with Crippen LogP contribution < -0.4 is 0 Å². The second-order valence-corrected chi connectivity index (χ2v) is 3.96. The van der Waals surface area contributed by atoms with Gasteiger partial charge in [-0.1, -0.05) is 6.07 Å². The van der Waals surface area contributed by atoms with Gasteiger partial charge in [-0.3, -0.25) is 4.79 Å². The molecule has 0 spiro atoms. The molecule has 0 aromatic heterocycles. The Morgan fingerprint density at radius 2 is 2.24 bits per heavy atom. The molecule has 6 heteroatoms. The predicted octanol–water partition coefficient (Wildman–Crippen LogP) is 2.97. The van der Waals surface area contributed by atoms with E-state index in [9.17, 15) is 13.6 Å². The number of methoxy groups -OCH3 is 1. The maximum atomic E-state index is 12.9. The highest BCUT2D eigenvalue weighted by molar-refractivity contribution is 9.10. The van der Waals surface area contributed by atoms with Crippen LogP contribution >= 0.6 is 15.9 Å². The lowest BCUT2D eigenvalue weighted by Gasteiger charge is -2.11. The van der Waals surface area contributed by atoms with Crippen molar-refractivity contribution in [1.29, 1.82) is 5.26 Å². The van der Waals surface area contributed by atoms with E-state index in [0.717, 1.165) is 0 Å². The summed E-state index contributed by atoms with van der Waals surface area (Å²) in [5.41, 5.74) is -0.0823. The molecule has 0 saturated carbocycles. The maximum Gasteiger partial charge on any atom is 0.309 e. The van der Waals surface area contributed by atoms with Gasteiger partial charge in [-0.2, -0.15) is 5.26 Å². The first kappa shape index (κ1) is 13.6. The van der Waals surface area contributed by atoms with E-state index in [1.54, 1.807) is 6.07 Å². The predicted molar refractivity (Wildman–Crippen MR) is 59.5 cm³/mol. The van der Waals surface area contributed by atoms with E-state index in [4.69, 9.17) is 5.26 Å². The number of benzene rings is 1. The SMILES string of the molecule is COC(=O)Cc1ccc(C#N)c(Br)c1C(F)F. The fraction of sp³-hybridized carbons (Fsp3) is 0.273. The van der Waals surface area contributed by atoms with E-state index in [0.29, 0.717) is 0 Å². The van der Waals surface area contributed by atoms with E-state index < -0.39 is 12.4 Å². The standard InChI is InChI=1S/C11H8BrF2NO2/c1-17-8(16)4-6-2-3-7(5-15)10(12)9(6)11(13)14/h2-3,11H,4H2,1H3. The Kier molecular flexibility index (Phi) is 4.58. The van der Waals surface area contributed by atoms with Gasteiger partial charge in [0.1, 0.15) is 6.07 Å². The van der Waals surface area contributed by atoms with Crippen LogP contribution in [0.15, 0.2) is 16.6 Å². The molecule has 3 nitrogen and oxygen atoms in total. The van der Waals surface area contributed by atoms with Crippen molar-refractivity contribution in [3.63, 3.8) is 0 Å². The number of esters is 1. The third-order valence-corrected chi connectivity index (χ3v) is 3.03. The molecule has 0 aliphatic rings. The highest BCUT2D eigenvalue weighted by Crippen LogP contribution is 2.33. The van der Waals surface area contributed by atoms with Gasteiger partial charge >= 0.3 is 5.97 Å². The molecule has 1 aromatic rings. The second-order valence-electron chi connectivity index (χ2n) is 3.17. The summed E-state index contributed by atoms with van der Waals surface area (Å²) < 4.78 is 30.2. The van der Waals surface area contributed by atoms with E-state index in [2.05, 4.69) is 20.7 Å². The Bertz CT molecular complexity index is 483. The third-order valence-electron chi connectivity index (χ3n) is 2.17. The largest absolute Gasteiger partial charge is 0.469 e. The van der Waals surface area contributed by atoms with Gasteiger partial charge < -0.3 is 4.74 Å². The van der Waals surface area contributed by atoms with Gasteiger partial charge in [0, 0.05) is 10.0 Å². The molecule has 90 valence electrons. The number of hydrogen-bond acceptors (Lipinski definition) is 3. The van der Waals surface area contributed by atoms with Gasteiger partial charge in [-0.15, -0.1) is 0 Å². The number of nitrogens with zero attached hydrogens (tertiary/aromatic N) is 1. The van der Waals surface area contributed by atoms with Gasteiger partial charge in [-0.05, 0) is 27.6 Å². The molecule has 1 rings (SSSR count). The topological polar surface area (TPSA) is 50.1 Å². The molecule has 0 N–H and O–H groups in total. The molecule has 17 heavy (non-hydrogen) atoms. The van der Waals surface area contributed by atoms with Crippen LogP contribution in [0, 0.1) is 11.3 Å². The van der Waals surface area contributed by atoms with Gasteiger partial charge in [0.05, 0.1) is 19.1 Å². The zero-order valence-electron chi connectivity index (χ0n) is 8.84. The summed E-state index contributed by atoms with van der Waals surface area (Å²) in [6, 6.07) is 4.51. The van der Waals surface area contributed by atoms with E-state index in [-0.39, 0.29) is 27.6 Å². The number of rotatable bonds is 3. The molecular formula is C11H8BrF2NO2. The summed E-state index contributed by atoms with van der Waals surface area (Å²) in [6.07, 6.45) is -3.02. The first-order chi connectivity index (χ1) is 8.01. The lowest BCUT2D eigenvalue weighted by Crippen LogP contribution is -2.08. The second kappa shape index (κ2) is 5.73. The summed E-state index contributed by atoms with van der Waals surface area (Å²) in [7, 11) is 1.18. The highest BCUT2D eigenvalue weighted by atomic mass is 79.9. The number of carbonyl (C=O) groups is 1. The van der Waals surface area contributed by atoms with Crippen LogP contribution in [0.3, 0.4) is 0 Å². The minimum atomic E-state index is -2.77. The van der Waals surface area contributed by atoms with Gasteiger partial charge in [-0.25, -0.2) is 8.78 Å². The molecule has 0 amide bonds. The summed E-state index contributed by atoms with van der Waals surface area (Å²) in [6.45, 7) is 0. The average Bonchev–Trinajstić information content (AvgIpc) is 2.28. The lowest BCUT2D eigenvalue weighted by atomic mass is 10.0. The quantitative estimate of drug-likeness (QED) is 0.807. The summed E-state index contributed by atoms with van der Waals surface area (Å²) in [5, 5.41) is 8.73. The number of carbonyl (C=O) groups excluding carboxylic acids is 1. The van der Waals surface area contributed by atoms with Crippen molar-refractivity contribution in [3.05, 3.63) is 33.3 Å². The van der Waals surface area contributed by atoms with Crippen molar-refractivity contribution in [2.45, 2.75) is 12.8 Å². The summed E-state index contributed by atoms with van der Waals surface area (Å²) >= 11 is 2.95. The Balaban J connectivity index is 3.27. The number of alkyl halides is 2. The molecule has 0 aliphatic heterocycles. The fourth-order valence-corrected chi connectivity index (χ4v) is 1.99. The number of nitriles is 1. The number of halogens is 3. The highest BCUT2D eigenvalue weighted by Gasteiger charge is 2.21. The van der Waals surface area contributed by atoms with Gasteiger partial charge in [0.25, 0.3) is 6.43 Å². The summed E-state index contributed by atoms with van der Waals surface area (Å²) in [5.74, 6) is -0.608. The lowest BCUT2D eigenvalue weighted by molar-refractivity contribution is -0.139. The van der Waals surface area contributed by atoms with Crippen LogP contribution in [0.4, 0.5) is 8.78 Å². The summed E-state index contributed by atoms with van der Waals surface area (Å²) in [4.78, 5) is 11.1. The molecule has 0 saturated heterocycles. The van der Waals surface area contributed by atoms with Crippen molar-refractivity contribution in [2.24, 2.45) is 0 Å². The molecule has 1 aromatic carbocycles. The van der Waals surface area contributed by atoms with Crippen LogP contribution in [0.5, 0.6) is 0 Å². The Morgan fingerprint density at radius 1 is 1.59 bits per heavy atom. The molecule has 0 atom stereocenters. The van der Waals surface area contributed by atoms with E-state index in [1.807, 2.05) is 0 Å². The van der Waals surface area contributed by atoms with Crippen LogP contribution in [0.1, 0.15) is 23.1 Å². The first-order valence-electron chi connectivity index (χ1n) is 4.57. The molecule has 0 radical (unpaired) electrons. The smallest absolute Gasteiger partial charge is 0.309 e. The fourth-order valence-electron chi connectivity index (χ4n) is 1.34. The van der Waals surface area contributed by atoms with Crippen molar-refractivity contribution < 1.29 is 18.3 Å². The Labute approximate surface area is 105 Å². The van der Waals surface area contributed by atoms with Crippen molar-refractivity contribution in [2.75, 3.05) is 7.11 Å². The molecule has 0 fully saturated rings. The van der Waals surface area contributed by atoms with E-state index in [1.165, 1.54) is 19.2 Å². The van der Waals surface area contributed by atoms with Crippen LogP contribution in [0.2, 0.25) is 0 Å². The Morgan fingerprint density at radius 3 is 2.71 bits per heavy atom. The van der Waals surface area contributed by atoms with Crippen LogP contribution in [0.25, 0.3) is 0 Å². The van der Waals surface area contributed by atoms with Crippen molar-refractivity contribution in [3.8, 4) is 6.07 Å². The minimum absolute atomic E-state index is 0.0244. The zero-order valence-corrected chi connectivity index (χ0v) is 10.4. The zero-order chi connectivity index (χ0) is 13.0. The van der Waals surface area contributed by atoms with Crippen LogP contribution in [-0.2, 0) is 16.0 Å². The third kappa shape index (κ3) is 3.01. The first-order valence-corrected chi connectivity index (χ1v) is 5.36. The molecule has 0 aliphatic carbocycles. The monoisotopic (exact) mass is 303 g/mol. The molecule has 0 bridgehead atoms.